The van der Waals surface area contributed by atoms with E-state index in [1.165, 1.54) is 0 Å². The largest absolute Gasteiger partial charge is 0.491 e. The second-order valence-corrected chi connectivity index (χ2v) is 6.73. The first-order valence-corrected chi connectivity index (χ1v) is 8.62. The minimum absolute atomic E-state index is 0.0225. The minimum Gasteiger partial charge on any atom is -0.491 e. The summed E-state index contributed by atoms with van der Waals surface area (Å²) in [5.74, 6) is 0.620. The molecule has 0 bridgehead atoms. The maximum atomic E-state index is 10.2. The molecule has 2 rings (SSSR count). The molecule has 1 N–H and O–H groups in total. The fourth-order valence-corrected chi connectivity index (χ4v) is 3.01. The predicted octanol–water partition coefficient (Wildman–Crippen LogP) is 4.30. The normalized spacial score (nSPS) is 13.3. The molecule has 4 nitrogen and oxygen atoms in total. The number of hydrogen-bond acceptors (Lipinski definition) is 4. The first-order valence-electron chi connectivity index (χ1n) is 7.87. The molecule has 0 saturated carbocycles. The Morgan fingerprint density at radius 1 is 1.20 bits per heavy atom. The van der Waals surface area contributed by atoms with Crippen LogP contribution in [0.15, 0.2) is 42.5 Å². The van der Waals surface area contributed by atoms with Crippen LogP contribution in [0, 0.1) is 11.3 Å². The summed E-state index contributed by atoms with van der Waals surface area (Å²) >= 11 is 12.2. The fourth-order valence-electron chi connectivity index (χ4n) is 2.44. The van der Waals surface area contributed by atoms with Gasteiger partial charge in [0.2, 0.25) is 0 Å². The number of hydrogen-bond donors (Lipinski definition) is 1. The fraction of sp³-hybridized carbons (Fsp3) is 0.316. The third-order valence-electron chi connectivity index (χ3n) is 4.00. The van der Waals surface area contributed by atoms with Crippen LogP contribution in [-0.2, 0) is 0 Å². The van der Waals surface area contributed by atoms with Crippen molar-refractivity contribution in [1.82, 2.24) is 4.90 Å². The highest BCUT2D eigenvalue weighted by Gasteiger charge is 2.18. The Labute approximate surface area is 158 Å². The summed E-state index contributed by atoms with van der Waals surface area (Å²) in [6.07, 6.45) is -0.658. The van der Waals surface area contributed by atoms with E-state index in [-0.39, 0.29) is 12.6 Å². The maximum Gasteiger partial charge on any atom is 0.119 e. The molecule has 2 aromatic rings. The predicted molar refractivity (Wildman–Crippen MR) is 100 cm³/mol. The third kappa shape index (κ3) is 5.62. The van der Waals surface area contributed by atoms with E-state index < -0.39 is 6.10 Å². The van der Waals surface area contributed by atoms with Crippen molar-refractivity contribution in [3.8, 4) is 11.8 Å². The molecule has 25 heavy (non-hydrogen) atoms. The number of likely N-dealkylation sites (N-methyl/N-ethyl adjacent to an activating group) is 1. The molecule has 0 aliphatic carbocycles. The summed E-state index contributed by atoms with van der Waals surface area (Å²) in [5.41, 5.74) is 1.52. The van der Waals surface area contributed by atoms with E-state index in [2.05, 4.69) is 6.07 Å². The molecular weight excluding hydrogens is 359 g/mol. The zero-order valence-electron chi connectivity index (χ0n) is 14.1. The average molecular weight is 379 g/mol. The van der Waals surface area contributed by atoms with E-state index in [1.807, 2.05) is 24.9 Å². The second-order valence-electron chi connectivity index (χ2n) is 5.88. The molecule has 0 spiro atoms. The zero-order chi connectivity index (χ0) is 18.4. The molecule has 0 amide bonds. The number of aliphatic hydroxyl groups is 1. The van der Waals surface area contributed by atoms with Crippen molar-refractivity contribution >= 4 is 23.2 Å². The van der Waals surface area contributed by atoms with E-state index in [9.17, 15) is 5.11 Å². The van der Waals surface area contributed by atoms with Gasteiger partial charge in [-0.25, -0.2) is 0 Å². The molecule has 0 fully saturated rings. The molecule has 0 saturated heterocycles. The van der Waals surface area contributed by atoms with Gasteiger partial charge in [0.25, 0.3) is 0 Å². The van der Waals surface area contributed by atoms with Crippen molar-refractivity contribution in [2.45, 2.75) is 19.1 Å². The van der Waals surface area contributed by atoms with Gasteiger partial charge < -0.3 is 9.84 Å². The average Bonchev–Trinajstić information content (AvgIpc) is 2.60. The molecule has 0 aromatic heterocycles. The van der Waals surface area contributed by atoms with Gasteiger partial charge in [0.05, 0.1) is 11.6 Å². The van der Waals surface area contributed by atoms with Crippen LogP contribution in [0.1, 0.15) is 24.1 Å². The molecule has 0 radical (unpaired) electrons. The van der Waals surface area contributed by atoms with Crippen LogP contribution in [0.25, 0.3) is 0 Å². The lowest BCUT2D eigenvalue weighted by atomic mass is 10.1. The SMILES string of the molecule is CC(c1ccc(Cl)cc1Cl)N(C)CC(O)COc1ccc(C#N)cc1. The quantitative estimate of drug-likeness (QED) is 0.780. The van der Waals surface area contributed by atoms with Crippen LogP contribution < -0.4 is 4.74 Å². The highest BCUT2D eigenvalue weighted by Crippen LogP contribution is 2.29. The molecule has 2 aromatic carbocycles. The Bertz CT molecular complexity index is 744. The van der Waals surface area contributed by atoms with Crippen molar-refractivity contribution in [1.29, 1.82) is 5.26 Å². The van der Waals surface area contributed by atoms with Crippen molar-refractivity contribution < 1.29 is 9.84 Å². The molecular formula is C19H20Cl2N2O2. The van der Waals surface area contributed by atoms with Crippen LogP contribution in [0.3, 0.4) is 0 Å². The number of halogens is 2. The first-order chi connectivity index (χ1) is 11.9. The van der Waals surface area contributed by atoms with Crippen LogP contribution in [0.4, 0.5) is 0 Å². The molecule has 6 heteroatoms. The van der Waals surface area contributed by atoms with E-state index >= 15 is 0 Å². The van der Waals surface area contributed by atoms with Crippen molar-refractivity contribution in [2.75, 3.05) is 20.2 Å². The van der Waals surface area contributed by atoms with Gasteiger partial charge in [-0.3, -0.25) is 4.90 Å². The van der Waals surface area contributed by atoms with Crippen molar-refractivity contribution in [3.63, 3.8) is 0 Å². The topological polar surface area (TPSA) is 56.5 Å². The number of nitrogens with zero attached hydrogens (tertiary/aromatic N) is 2. The summed E-state index contributed by atoms with van der Waals surface area (Å²) in [4.78, 5) is 2.00. The maximum absolute atomic E-state index is 10.2. The Morgan fingerprint density at radius 3 is 2.48 bits per heavy atom. The number of nitriles is 1. The highest BCUT2D eigenvalue weighted by atomic mass is 35.5. The number of rotatable bonds is 7. The number of benzene rings is 2. The van der Waals surface area contributed by atoms with Gasteiger partial charge in [0.15, 0.2) is 0 Å². The van der Waals surface area contributed by atoms with Gasteiger partial charge >= 0.3 is 0 Å². The first kappa shape index (κ1) is 19.6. The molecule has 0 aliphatic heterocycles. The van der Waals surface area contributed by atoms with Gasteiger partial charge in [0, 0.05) is 22.6 Å². The molecule has 2 atom stereocenters. The third-order valence-corrected chi connectivity index (χ3v) is 4.56. The summed E-state index contributed by atoms with van der Waals surface area (Å²) in [6.45, 7) is 2.61. The Hall–Kier alpha value is -1.77. The Kier molecular flexibility index (Phi) is 7.10. The number of aliphatic hydroxyl groups excluding tert-OH is 1. The van der Waals surface area contributed by atoms with E-state index in [0.717, 1.165) is 5.56 Å². The van der Waals surface area contributed by atoms with Crippen molar-refractivity contribution in [3.05, 3.63) is 63.6 Å². The molecule has 132 valence electrons. The van der Waals surface area contributed by atoms with Gasteiger partial charge in [-0.1, -0.05) is 29.3 Å². The van der Waals surface area contributed by atoms with Crippen LogP contribution in [-0.4, -0.2) is 36.3 Å². The molecule has 0 aliphatic rings. The summed E-state index contributed by atoms with van der Waals surface area (Å²) < 4.78 is 5.56. The molecule has 2 unspecified atom stereocenters. The lowest BCUT2D eigenvalue weighted by Crippen LogP contribution is -2.34. The standard InChI is InChI=1S/C19H20Cl2N2O2/c1-13(18-8-5-15(20)9-19(18)21)23(2)11-16(24)12-25-17-6-3-14(10-22)4-7-17/h3-9,13,16,24H,11-12H2,1-2H3. The second kappa shape index (κ2) is 9.07. The van der Waals surface area contributed by atoms with Crippen LogP contribution in [0.2, 0.25) is 10.0 Å². The smallest absolute Gasteiger partial charge is 0.119 e. The zero-order valence-corrected chi connectivity index (χ0v) is 15.6. The Morgan fingerprint density at radius 2 is 1.88 bits per heavy atom. The van der Waals surface area contributed by atoms with Crippen LogP contribution >= 0.6 is 23.2 Å². The number of ether oxygens (including phenoxy) is 1. The summed E-state index contributed by atoms with van der Waals surface area (Å²) in [7, 11) is 1.92. The highest BCUT2D eigenvalue weighted by molar-refractivity contribution is 6.35. The van der Waals surface area contributed by atoms with E-state index in [4.69, 9.17) is 33.2 Å². The minimum atomic E-state index is -0.658. The van der Waals surface area contributed by atoms with Crippen molar-refractivity contribution in [2.24, 2.45) is 0 Å². The van der Waals surface area contributed by atoms with Gasteiger partial charge in [-0.15, -0.1) is 0 Å². The van der Waals surface area contributed by atoms with Gasteiger partial charge in [-0.2, -0.15) is 5.26 Å². The monoisotopic (exact) mass is 378 g/mol. The lowest BCUT2D eigenvalue weighted by Gasteiger charge is -2.28. The van der Waals surface area contributed by atoms with E-state index in [1.54, 1.807) is 36.4 Å². The van der Waals surface area contributed by atoms with Gasteiger partial charge in [0.1, 0.15) is 18.5 Å². The van der Waals surface area contributed by atoms with Crippen LogP contribution in [0.5, 0.6) is 5.75 Å². The lowest BCUT2D eigenvalue weighted by molar-refractivity contribution is 0.0654. The van der Waals surface area contributed by atoms with E-state index in [0.29, 0.717) is 27.9 Å². The Balaban J connectivity index is 1.88. The summed E-state index contributed by atoms with van der Waals surface area (Å²) in [5, 5.41) is 20.2. The summed E-state index contributed by atoms with van der Waals surface area (Å²) in [6, 6.07) is 14.3. The molecule has 0 heterocycles. The van der Waals surface area contributed by atoms with Gasteiger partial charge in [-0.05, 0) is 55.9 Å².